The average molecular weight is 530 g/mol. The molecule has 8 nitrogen and oxygen atoms in total. The van der Waals surface area contributed by atoms with Crippen LogP contribution in [0.2, 0.25) is 0 Å². The first kappa shape index (κ1) is 28.8. The topological polar surface area (TPSA) is 97.0 Å². The Kier molecular flexibility index (Phi) is 9.22. The fourth-order valence-corrected chi connectivity index (χ4v) is 4.25. The molecule has 0 spiro atoms. The van der Waals surface area contributed by atoms with Crippen LogP contribution < -0.4 is 10.6 Å². The molecule has 3 rings (SSSR count). The van der Waals surface area contributed by atoms with Gasteiger partial charge in [-0.1, -0.05) is 12.1 Å². The average Bonchev–Trinajstić information content (AvgIpc) is 3.21. The molecule has 2 aromatic carbocycles. The number of likely N-dealkylation sites (N-methyl/N-ethyl adjacent to an activating group) is 1. The van der Waals surface area contributed by atoms with E-state index in [1.54, 1.807) is 59.0 Å². The number of esters is 1. The Morgan fingerprint density at radius 1 is 1.05 bits per heavy atom. The third kappa shape index (κ3) is 7.61. The SMILES string of the molecule is CCOC(=O)C1CN(C)CC1c1cc(F)c(/C=C/C(=O)Nc2ccccc2NC(=O)OC(C)(C)C)cc1F. The number of ether oxygens (including phenoxy) is 2. The number of benzene rings is 2. The maximum Gasteiger partial charge on any atom is 0.412 e. The molecule has 1 aliphatic rings. The van der Waals surface area contributed by atoms with Crippen molar-refractivity contribution in [3.05, 3.63) is 65.2 Å². The minimum Gasteiger partial charge on any atom is -0.466 e. The van der Waals surface area contributed by atoms with Crippen molar-refractivity contribution < 1.29 is 32.6 Å². The largest absolute Gasteiger partial charge is 0.466 e. The maximum atomic E-state index is 15.1. The minimum atomic E-state index is -0.727. The minimum absolute atomic E-state index is 0.0913. The van der Waals surface area contributed by atoms with Crippen molar-refractivity contribution in [3.63, 3.8) is 0 Å². The number of anilines is 2. The van der Waals surface area contributed by atoms with E-state index in [0.717, 1.165) is 24.3 Å². The second kappa shape index (κ2) is 12.2. The number of nitrogens with zero attached hydrogens (tertiary/aromatic N) is 1. The van der Waals surface area contributed by atoms with E-state index >= 15 is 4.39 Å². The lowest BCUT2D eigenvalue weighted by Gasteiger charge is -2.20. The fourth-order valence-electron chi connectivity index (χ4n) is 4.25. The molecule has 204 valence electrons. The van der Waals surface area contributed by atoms with E-state index in [1.807, 2.05) is 4.90 Å². The number of hydrogen-bond acceptors (Lipinski definition) is 6. The number of likely N-dealkylation sites (tertiary alicyclic amines) is 1. The highest BCUT2D eigenvalue weighted by molar-refractivity contribution is 6.05. The first-order valence-corrected chi connectivity index (χ1v) is 12.3. The zero-order valence-electron chi connectivity index (χ0n) is 22.1. The van der Waals surface area contributed by atoms with Crippen molar-refractivity contribution in [2.45, 2.75) is 39.2 Å². The van der Waals surface area contributed by atoms with Gasteiger partial charge in [0.05, 0.1) is 23.9 Å². The van der Waals surface area contributed by atoms with E-state index in [0.29, 0.717) is 24.5 Å². The van der Waals surface area contributed by atoms with Gasteiger partial charge in [-0.25, -0.2) is 13.6 Å². The van der Waals surface area contributed by atoms with Crippen molar-refractivity contribution in [2.24, 2.45) is 5.92 Å². The van der Waals surface area contributed by atoms with Gasteiger partial charge >= 0.3 is 12.1 Å². The van der Waals surface area contributed by atoms with Gasteiger partial charge in [0.2, 0.25) is 5.91 Å². The van der Waals surface area contributed by atoms with Crippen LogP contribution in [0, 0.1) is 17.6 Å². The van der Waals surface area contributed by atoms with E-state index in [2.05, 4.69) is 10.6 Å². The zero-order chi connectivity index (χ0) is 28.0. The standard InChI is InChI=1S/C28H33F2N3O5/c1-6-37-26(35)20-16-33(5)15-19(20)18-14-21(29)17(13-22(18)30)11-12-25(34)31-23-9-7-8-10-24(23)32-27(36)38-28(2,3)4/h7-14,19-20H,6,15-16H2,1-5H3,(H,31,34)(H,32,36)/b12-11+. The highest BCUT2D eigenvalue weighted by Gasteiger charge is 2.39. The highest BCUT2D eigenvalue weighted by atomic mass is 19.1. The van der Waals surface area contributed by atoms with Crippen LogP contribution in [0.25, 0.3) is 6.08 Å². The molecule has 0 aromatic heterocycles. The predicted octanol–water partition coefficient (Wildman–Crippen LogP) is 5.17. The smallest absolute Gasteiger partial charge is 0.412 e. The van der Waals surface area contributed by atoms with Gasteiger partial charge in [-0.2, -0.15) is 0 Å². The molecule has 10 heteroatoms. The number of halogens is 2. The molecule has 0 saturated carbocycles. The summed E-state index contributed by atoms with van der Waals surface area (Å²) >= 11 is 0. The van der Waals surface area contributed by atoms with Gasteiger partial charge < -0.3 is 19.7 Å². The van der Waals surface area contributed by atoms with E-state index in [1.165, 1.54) is 0 Å². The van der Waals surface area contributed by atoms with Crippen LogP contribution in [0.4, 0.5) is 25.0 Å². The molecule has 0 aliphatic carbocycles. The molecule has 38 heavy (non-hydrogen) atoms. The van der Waals surface area contributed by atoms with Crippen LogP contribution in [0.15, 0.2) is 42.5 Å². The van der Waals surface area contributed by atoms with E-state index in [9.17, 15) is 18.8 Å². The second-order valence-electron chi connectivity index (χ2n) is 10.1. The summed E-state index contributed by atoms with van der Waals surface area (Å²) in [5, 5.41) is 5.18. The van der Waals surface area contributed by atoms with Crippen LogP contribution >= 0.6 is 0 Å². The lowest BCUT2D eigenvalue weighted by molar-refractivity contribution is -0.148. The van der Waals surface area contributed by atoms with Crippen LogP contribution in [-0.4, -0.2) is 55.2 Å². The molecule has 2 N–H and O–H groups in total. The Labute approximate surface area is 221 Å². The summed E-state index contributed by atoms with van der Waals surface area (Å²) in [6.07, 6.45) is 1.53. The second-order valence-corrected chi connectivity index (χ2v) is 10.1. The van der Waals surface area contributed by atoms with Gasteiger partial charge in [0, 0.05) is 30.6 Å². The normalized spacial score (nSPS) is 17.9. The van der Waals surface area contributed by atoms with Gasteiger partial charge in [-0.05, 0) is 70.6 Å². The van der Waals surface area contributed by atoms with Gasteiger partial charge in [0.15, 0.2) is 0 Å². The lowest BCUT2D eigenvalue weighted by Crippen LogP contribution is -2.27. The molecular formula is C28H33F2N3O5. The summed E-state index contributed by atoms with van der Waals surface area (Å²) < 4.78 is 40.4. The molecule has 2 amide bonds. The number of carbonyl (C=O) groups excluding carboxylic acids is 3. The molecule has 1 saturated heterocycles. The van der Waals surface area contributed by atoms with Crippen molar-refractivity contribution >= 4 is 35.4 Å². The van der Waals surface area contributed by atoms with E-state index in [4.69, 9.17) is 9.47 Å². The summed E-state index contributed by atoms with van der Waals surface area (Å²) in [7, 11) is 1.80. The Morgan fingerprint density at radius 2 is 1.71 bits per heavy atom. The van der Waals surface area contributed by atoms with Crippen molar-refractivity contribution in [3.8, 4) is 0 Å². The van der Waals surface area contributed by atoms with Crippen LogP contribution in [0.5, 0.6) is 0 Å². The quantitative estimate of drug-likeness (QED) is 0.379. The monoisotopic (exact) mass is 529 g/mol. The number of para-hydroxylation sites is 2. The van der Waals surface area contributed by atoms with Crippen molar-refractivity contribution in [2.75, 3.05) is 37.4 Å². The van der Waals surface area contributed by atoms with Crippen molar-refractivity contribution in [1.82, 2.24) is 4.90 Å². The van der Waals surface area contributed by atoms with Crippen LogP contribution in [0.3, 0.4) is 0 Å². The van der Waals surface area contributed by atoms with Crippen LogP contribution in [0.1, 0.15) is 44.7 Å². The molecular weight excluding hydrogens is 496 g/mol. The molecule has 2 aromatic rings. The summed E-state index contributed by atoms with van der Waals surface area (Å²) in [4.78, 5) is 38.9. The van der Waals surface area contributed by atoms with Gasteiger partial charge in [0.25, 0.3) is 0 Å². The van der Waals surface area contributed by atoms with E-state index < -0.39 is 47.0 Å². The van der Waals surface area contributed by atoms with Gasteiger partial charge in [-0.3, -0.25) is 14.9 Å². The Morgan fingerprint density at radius 3 is 2.34 bits per heavy atom. The number of hydrogen-bond donors (Lipinski definition) is 2. The Hall–Kier alpha value is -3.79. The van der Waals surface area contributed by atoms with Crippen molar-refractivity contribution in [1.29, 1.82) is 0 Å². The lowest BCUT2D eigenvalue weighted by atomic mass is 9.88. The van der Waals surface area contributed by atoms with Gasteiger partial charge in [-0.15, -0.1) is 0 Å². The number of amides is 2. The molecule has 1 heterocycles. The summed E-state index contributed by atoms with van der Waals surface area (Å²) in [5.41, 5.74) is -0.129. The number of carbonyl (C=O) groups is 3. The fraction of sp³-hybridized carbons (Fsp3) is 0.393. The molecule has 0 radical (unpaired) electrons. The molecule has 2 unspecified atom stereocenters. The summed E-state index contributed by atoms with van der Waals surface area (Å²) in [5.74, 6) is -3.61. The molecule has 0 bridgehead atoms. The predicted molar refractivity (Wildman–Crippen MR) is 141 cm³/mol. The molecule has 1 aliphatic heterocycles. The Bertz CT molecular complexity index is 1230. The Balaban J connectivity index is 1.73. The summed E-state index contributed by atoms with van der Waals surface area (Å²) in [6, 6.07) is 8.58. The molecule has 1 fully saturated rings. The first-order chi connectivity index (χ1) is 17.9. The molecule has 2 atom stereocenters. The third-order valence-corrected chi connectivity index (χ3v) is 5.84. The summed E-state index contributed by atoms with van der Waals surface area (Å²) in [6.45, 7) is 7.85. The first-order valence-electron chi connectivity index (χ1n) is 12.3. The zero-order valence-corrected chi connectivity index (χ0v) is 22.1. The highest BCUT2D eigenvalue weighted by Crippen LogP contribution is 2.35. The van der Waals surface area contributed by atoms with Crippen LogP contribution in [-0.2, 0) is 19.1 Å². The third-order valence-electron chi connectivity index (χ3n) is 5.84. The number of rotatable bonds is 7. The van der Waals surface area contributed by atoms with E-state index in [-0.39, 0.29) is 17.7 Å². The maximum absolute atomic E-state index is 15.1. The number of nitrogens with one attached hydrogen (secondary N) is 2. The van der Waals surface area contributed by atoms with Gasteiger partial charge in [0.1, 0.15) is 17.2 Å².